The second kappa shape index (κ2) is 4.45. The topological polar surface area (TPSA) is 75.6 Å². The van der Waals surface area contributed by atoms with Crippen molar-refractivity contribution in [1.29, 1.82) is 0 Å². The van der Waals surface area contributed by atoms with Crippen molar-refractivity contribution in [2.75, 3.05) is 0 Å². The van der Waals surface area contributed by atoms with Gasteiger partial charge in [0.1, 0.15) is 11.8 Å². The highest BCUT2D eigenvalue weighted by Crippen LogP contribution is 2.28. The minimum Gasteiger partial charge on any atom is -0.480 e. The molecule has 5 nitrogen and oxygen atoms in total. The van der Waals surface area contributed by atoms with Gasteiger partial charge in [0.2, 0.25) is 0 Å². The van der Waals surface area contributed by atoms with Gasteiger partial charge in [0.15, 0.2) is 6.10 Å². The molecule has 0 fully saturated rings. The van der Waals surface area contributed by atoms with Crippen molar-refractivity contribution >= 4 is 11.9 Å². The zero-order valence-electron chi connectivity index (χ0n) is 9.34. The molecule has 2 rings (SSSR count). The molecule has 0 aromatic heterocycles. The summed E-state index contributed by atoms with van der Waals surface area (Å²) in [6, 6.07) is 6.49. The van der Waals surface area contributed by atoms with Gasteiger partial charge >= 0.3 is 5.97 Å². The van der Waals surface area contributed by atoms with E-state index in [1.54, 1.807) is 6.07 Å². The lowest BCUT2D eigenvalue weighted by Gasteiger charge is -2.13. The lowest BCUT2D eigenvalue weighted by molar-refractivity contribution is -0.142. The summed E-state index contributed by atoms with van der Waals surface area (Å²) < 4.78 is 5.44. The Morgan fingerprint density at radius 2 is 2.18 bits per heavy atom. The van der Waals surface area contributed by atoms with Crippen LogP contribution in [-0.4, -0.2) is 29.1 Å². The number of para-hydroxylation sites is 1. The molecule has 90 valence electrons. The molecule has 1 aromatic rings. The summed E-state index contributed by atoms with van der Waals surface area (Å²) in [6.07, 6.45) is -0.150. The molecule has 0 aliphatic carbocycles. The number of fused-ring (bicyclic) bond motifs is 1. The quantitative estimate of drug-likeness (QED) is 0.803. The third kappa shape index (κ3) is 2.38. The van der Waals surface area contributed by atoms with Crippen molar-refractivity contribution in [3.8, 4) is 5.75 Å². The molecular formula is C12H13NO4. The number of carbonyl (C=O) groups is 2. The summed E-state index contributed by atoms with van der Waals surface area (Å²) >= 11 is 0. The monoisotopic (exact) mass is 235 g/mol. The van der Waals surface area contributed by atoms with Gasteiger partial charge in [0.05, 0.1) is 0 Å². The average Bonchev–Trinajstić information content (AvgIpc) is 2.72. The largest absolute Gasteiger partial charge is 0.480 e. The molecule has 0 saturated carbocycles. The Morgan fingerprint density at radius 1 is 1.47 bits per heavy atom. The Bertz CT molecular complexity index is 433. The van der Waals surface area contributed by atoms with Gasteiger partial charge in [0.25, 0.3) is 5.91 Å². The predicted molar refractivity (Wildman–Crippen MR) is 59.8 cm³/mol. The average molecular weight is 235 g/mol. The van der Waals surface area contributed by atoms with E-state index in [4.69, 9.17) is 9.84 Å². The summed E-state index contributed by atoms with van der Waals surface area (Å²) in [4.78, 5) is 22.3. The molecule has 2 atom stereocenters. The van der Waals surface area contributed by atoms with Crippen LogP contribution >= 0.6 is 0 Å². The lowest BCUT2D eigenvalue weighted by atomic mass is 10.1. The van der Waals surface area contributed by atoms with Crippen LogP contribution in [0.5, 0.6) is 5.75 Å². The molecule has 1 aromatic carbocycles. The van der Waals surface area contributed by atoms with Gasteiger partial charge in [-0.3, -0.25) is 9.59 Å². The van der Waals surface area contributed by atoms with E-state index in [1.807, 2.05) is 18.2 Å². The van der Waals surface area contributed by atoms with Crippen molar-refractivity contribution in [3.63, 3.8) is 0 Å². The number of ether oxygens (including phenoxy) is 1. The highest BCUT2D eigenvalue weighted by molar-refractivity contribution is 5.87. The van der Waals surface area contributed by atoms with E-state index in [0.717, 1.165) is 5.56 Å². The van der Waals surface area contributed by atoms with Gasteiger partial charge in [-0.2, -0.15) is 0 Å². The van der Waals surface area contributed by atoms with Crippen molar-refractivity contribution in [1.82, 2.24) is 5.32 Å². The summed E-state index contributed by atoms with van der Waals surface area (Å²) in [6.45, 7) is 1.42. The minimum absolute atomic E-state index is 0.392. The standard InChI is InChI=1S/C12H13NO4/c1-7(12(15)16)13-11(14)10-6-8-4-2-3-5-9(8)17-10/h2-5,7,10H,6H2,1H3,(H,13,14)(H,15,16)/t7-,10?/m0/s1. The lowest BCUT2D eigenvalue weighted by Crippen LogP contribution is -2.45. The van der Waals surface area contributed by atoms with Crippen molar-refractivity contribution in [3.05, 3.63) is 29.8 Å². The highest BCUT2D eigenvalue weighted by atomic mass is 16.5. The number of hydrogen-bond acceptors (Lipinski definition) is 3. The summed E-state index contributed by atoms with van der Waals surface area (Å²) in [5.74, 6) is -0.763. The number of carboxylic acid groups (broad SMARTS) is 1. The number of hydrogen-bond donors (Lipinski definition) is 2. The van der Waals surface area contributed by atoms with Crippen LogP contribution in [0.25, 0.3) is 0 Å². The zero-order valence-corrected chi connectivity index (χ0v) is 9.34. The van der Waals surface area contributed by atoms with Gasteiger partial charge in [-0.25, -0.2) is 0 Å². The minimum atomic E-state index is -1.06. The maximum atomic E-state index is 11.7. The molecule has 0 radical (unpaired) electrons. The number of aliphatic carboxylic acids is 1. The first-order valence-electron chi connectivity index (χ1n) is 5.35. The van der Waals surface area contributed by atoms with E-state index < -0.39 is 24.0 Å². The normalized spacial score (nSPS) is 19.0. The van der Waals surface area contributed by atoms with E-state index in [0.29, 0.717) is 12.2 Å². The first kappa shape index (κ1) is 11.4. The molecule has 17 heavy (non-hydrogen) atoms. The molecule has 0 spiro atoms. The van der Waals surface area contributed by atoms with Gasteiger partial charge in [0, 0.05) is 6.42 Å². The van der Waals surface area contributed by atoms with Crippen LogP contribution < -0.4 is 10.1 Å². The van der Waals surface area contributed by atoms with Crippen molar-refractivity contribution in [2.24, 2.45) is 0 Å². The molecule has 1 unspecified atom stereocenters. The second-order valence-electron chi connectivity index (χ2n) is 3.99. The van der Waals surface area contributed by atoms with Gasteiger partial charge in [-0.15, -0.1) is 0 Å². The molecular weight excluding hydrogens is 222 g/mol. The Hall–Kier alpha value is -2.04. The third-order valence-electron chi connectivity index (χ3n) is 2.67. The fraction of sp³-hybridized carbons (Fsp3) is 0.333. The Labute approximate surface area is 98.4 Å². The van der Waals surface area contributed by atoms with Crippen LogP contribution in [0, 0.1) is 0 Å². The molecule has 1 heterocycles. The van der Waals surface area contributed by atoms with Gasteiger partial charge in [-0.05, 0) is 18.6 Å². The molecule has 1 aliphatic rings. The van der Waals surface area contributed by atoms with Crippen LogP contribution in [0.3, 0.4) is 0 Å². The highest BCUT2D eigenvalue weighted by Gasteiger charge is 2.30. The number of nitrogens with one attached hydrogen (secondary N) is 1. The Morgan fingerprint density at radius 3 is 2.82 bits per heavy atom. The van der Waals surface area contributed by atoms with Crippen LogP contribution in [0.2, 0.25) is 0 Å². The number of carboxylic acids is 1. The molecule has 1 aliphatic heterocycles. The summed E-state index contributed by atoms with van der Waals surface area (Å²) in [5, 5.41) is 11.1. The Balaban J connectivity index is 1.99. The Kier molecular flexibility index (Phi) is 2.99. The van der Waals surface area contributed by atoms with Gasteiger partial charge in [-0.1, -0.05) is 18.2 Å². The van der Waals surface area contributed by atoms with Crippen molar-refractivity contribution < 1.29 is 19.4 Å². The predicted octanol–water partition coefficient (Wildman–Crippen LogP) is 0.579. The van der Waals surface area contributed by atoms with Crippen LogP contribution in [0.4, 0.5) is 0 Å². The molecule has 0 bridgehead atoms. The first-order chi connectivity index (χ1) is 8.08. The van der Waals surface area contributed by atoms with E-state index in [1.165, 1.54) is 6.92 Å². The van der Waals surface area contributed by atoms with E-state index in [-0.39, 0.29) is 0 Å². The van der Waals surface area contributed by atoms with E-state index in [2.05, 4.69) is 5.32 Å². The smallest absolute Gasteiger partial charge is 0.325 e. The third-order valence-corrected chi connectivity index (χ3v) is 2.67. The molecule has 0 saturated heterocycles. The van der Waals surface area contributed by atoms with Crippen LogP contribution in [-0.2, 0) is 16.0 Å². The SMILES string of the molecule is C[C@H](NC(=O)C1Cc2ccccc2O1)C(=O)O. The number of rotatable bonds is 3. The molecule has 2 N–H and O–H groups in total. The maximum Gasteiger partial charge on any atom is 0.325 e. The molecule has 1 amide bonds. The van der Waals surface area contributed by atoms with Crippen LogP contribution in [0.1, 0.15) is 12.5 Å². The maximum absolute atomic E-state index is 11.7. The summed E-state index contributed by atoms with van der Waals surface area (Å²) in [7, 11) is 0. The number of benzene rings is 1. The zero-order chi connectivity index (χ0) is 12.4. The van der Waals surface area contributed by atoms with E-state index in [9.17, 15) is 9.59 Å². The second-order valence-corrected chi connectivity index (χ2v) is 3.99. The molecule has 5 heteroatoms. The first-order valence-corrected chi connectivity index (χ1v) is 5.35. The van der Waals surface area contributed by atoms with Crippen LogP contribution in [0.15, 0.2) is 24.3 Å². The fourth-order valence-electron chi connectivity index (χ4n) is 1.70. The number of amides is 1. The van der Waals surface area contributed by atoms with Crippen molar-refractivity contribution in [2.45, 2.75) is 25.5 Å². The fourth-order valence-corrected chi connectivity index (χ4v) is 1.70. The number of carbonyl (C=O) groups excluding carboxylic acids is 1. The summed E-state index contributed by atoms with van der Waals surface area (Å²) in [5.41, 5.74) is 0.968. The van der Waals surface area contributed by atoms with E-state index >= 15 is 0 Å². The van der Waals surface area contributed by atoms with Gasteiger partial charge < -0.3 is 15.2 Å².